The summed E-state index contributed by atoms with van der Waals surface area (Å²) in [4.78, 5) is 26.5. The van der Waals surface area contributed by atoms with Crippen molar-refractivity contribution in [2.75, 3.05) is 26.6 Å². The number of aliphatic hydroxyl groups excluding tert-OH is 1. The Bertz CT molecular complexity index is 1570. The van der Waals surface area contributed by atoms with Gasteiger partial charge in [-0.15, -0.1) is 11.8 Å². The van der Waals surface area contributed by atoms with Gasteiger partial charge in [0.25, 0.3) is 5.56 Å². The molecule has 2 aliphatic heterocycles. The summed E-state index contributed by atoms with van der Waals surface area (Å²) in [6.45, 7) is 0.0270. The number of thioether (sulfide) groups is 1. The van der Waals surface area contributed by atoms with Crippen molar-refractivity contribution in [3.8, 4) is 11.5 Å². The minimum Gasteiger partial charge on any atom is -0.497 e. The molecule has 9 nitrogen and oxygen atoms in total. The summed E-state index contributed by atoms with van der Waals surface area (Å²) < 4.78 is 25.6. The van der Waals surface area contributed by atoms with Gasteiger partial charge in [0.2, 0.25) is 0 Å². The summed E-state index contributed by atoms with van der Waals surface area (Å²) in [5, 5.41) is 11.0. The molecule has 1 unspecified atom stereocenters. The lowest BCUT2D eigenvalue weighted by atomic mass is 9.79. The molecule has 0 aliphatic carbocycles. The van der Waals surface area contributed by atoms with E-state index in [1.54, 1.807) is 14.2 Å². The number of aromatic amines is 1. The van der Waals surface area contributed by atoms with E-state index in [1.807, 2.05) is 78.9 Å². The Balaban J connectivity index is 1.44. The van der Waals surface area contributed by atoms with E-state index in [-0.39, 0.29) is 6.61 Å². The van der Waals surface area contributed by atoms with Gasteiger partial charge in [0.15, 0.2) is 6.23 Å². The summed E-state index contributed by atoms with van der Waals surface area (Å²) in [5.74, 6) is 1.90. The highest BCUT2D eigenvalue weighted by atomic mass is 32.2. The number of rotatable bonds is 9. The van der Waals surface area contributed by atoms with E-state index in [0.29, 0.717) is 17.3 Å². The second-order valence-electron chi connectivity index (χ2n) is 10.1. The lowest BCUT2D eigenvalue weighted by Crippen LogP contribution is -2.48. The van der Waals surface area contributed by atoms with Gasteiger partial charge < -0.3 is 24.1 Å². The number of methoxy groups -OCH3 is 2. The number of aromatic nitrogens is 2. The fraction of sp³-hybridized carbons (Fsp3) is 0.290. The fourth-order valence-corrected chi connectivity index (χ4v) is 7.25. The Kier molecular flexibility index (Phi) is 7.25. The predicted molar refractivity (Wildman–Crippen MR) is 155 cm³/mol. The van der Waals surface area contributed by atoms with Gasteiger partial charge in [0, 0.05) is 18.0 Å². The molecular weight excluding hydrogens is 544 g/mol. The highest BCUT2D eigenvalue weighted by molar-refractivity contribution is 8.00. The van der Waals surface area contributed by atoms with Crippen LogP contribution in [0.4, 0.5) is 0 Å². The van der Waals surface area contributed by atoms with Gasteiger partial charge in [0.05, 0.1) is 26.1 Å². The summed E-state index contributed by atoms with van der Waals surface area (Å²) in [7, 11) is 3.24. The van der Waals surface area contributed by atoms with Crippen LogP contribution in [0, 0.1) is 0 Å². The average Bonchev–Trinajstić information content (AvgIpc) is 3.47. The molecule has 0 saturated carbocycles. The van der Waals surface area contributed by atoms with Crippen LogP contribution in [0.2, 0.25) is 0 Å². The number of aliphatic hydroxyl groups is 1. The molecule has 212 valence electrons. The molecule has 0 radical (unpaired) electrons. The lowest BCUT2D eigenvalue weighted by molar-refractivity contribution is -0.149. The molecule has 10 heteroatoms. The third-order valence-electron chi connectivity index (χ3n) is 7.84. The molecular formula is C31H30N2O7S. The van der Waals surface area contributed by atoms with Gasteiger partial charge in [-0.3, -0.25) is 14.3 Å². The quantitative estimate of drug-likeness (QED) is 0.293. The van der Waals surface area contributed by atoms with Crippen LogP contribution in [0.3, 0.4) is 0 Å². The van der Waals surface area contributed by atoms with E-state index in [1.165, 1.54) is 28.6 Å². The predicted octanol–water partition coefficient (Wildman–Crippen LogP) is 3.31. The van der Waals surface area contributed by atoms with E-state index in [4.69, 9.17) is 18.9 Å². The first-order chi connectivity index (χ1) is 19.9. The third kappa shape index (κ3) is 4.66. The van der Waals surface area contributed by atoms with Crippen LogP contribution in [-0.2, 0) is 15.1 Å². The number of H-pyrrole nitrogens is 1. The maximum atomic E-state index is 12.6. The number of benzene rings is 3. The van der Waals surface area contributed by atoms with Crippen LogP contribution in [-0.4, -0.2) is 58.2 Å². The first kappa shape index (κ1) is 27.3. The van der Waals surface area contributed by atoms with Gasteiger partial charge in [-0.2, -0.15) is 0 Å². The van der Waals surface area contributed by atoms with Gasteiger partial charge >= 0.3 is 5.69 Å². The monoisotopic (exact) mass is 574 g/mol. The first-order valence-electron chi connectivity index (χ1n) is 13.2. The minimum absolute atomic E-state index is 0.0270. The van der Waals surface area contributed by atoms with E-state index in [0.717, 1.165) is 16.7 Å². The standard InChI is InChI=1S/C31H30N2O7S/c1-37-23-12-8-21(9-13-23)31(20-6-4-3-5-7-20,22-10-14-24(38-2)15-11-22)39-18-30-19-41-26(27(30)35)28(40-30)33-17-16-25(34)32-29(33)36/h3-17,26-28,35H,18-19H2,1-2H3,(H,32,34,36)/t26-,27+,28?,30+/m1/s1. The fourth-order valence-electron chi connectivity index (χ4n) is 5.67. The molecule has 3 heterocycles. The van der Waals surface area contributed by atoms with Crippen molar-refractivity contribution in [1.29, 1.82) is 0 Å². The van der Waals surface area contributed by atoms with E-state index in [2.05, 4.69) is 4.98 Å². The maximum Gasteiger partial charge on any atom is 0.330 e. The van der Waals surface area contributed by atoms with E-state index >= 15 is 0 Å². The molecule has 2 fully saturated rings. The van der Waals surface area contributed by atoms with Gasteiger partial charge in [-0.25, -0.2) is 4.79 Å². The minimum atomic E-state index is -1.09. The first-order valence-corrected chi connectivity index (χ1v) is 14.2. The van der Waals surface area contributed by atoms with Gasteiger partial charge in [-0.1, -0.05) is 54.6 Å². The van der Waals surface area contributed by atoms with Crippen molar-refractivity contribution in [1.82, 2.24) is 9.55 Å². The summed E-state index contributed by atoms with van der Waals surface area (Å²) in [6.07, 6.45) is -0.265. The Hall–Kier alpha value is -3.83. The van der Waals surface area contributed by atoms with Crippen molar-refractivity contribution < 1.29 is 24.1 Å². The van der Waals surface area contributed by atoms with Crippen molar-refractivity contribution in [2.45, 2.75) is 28.8 Å². The van der Waals surface area contributed by atoms with Crippen LogP contribution in [0.25, 0.3) is 0 Å². The molecule has 2 saturated heterocycles. The summed E-state index contributed by atoms with van der Waals surface area (Å²) in [5.41, 5.74) is -0.665. The SMILES string of the molecule is COc1ccc(C(OC[C@@]23CS[C@@H](C(n4ccc(=O)[nH]c4=O)O2)[C@@H]3O)(c2ccccc2)c2ccc(OC)cc2)cc1. The molecule has 2 aliphatic rings. The zero-order valence-corrected chi connectivity index (χ0v) is 23.4. The highest BCUT2D eigenvalue weighted by Crippen LogP contribution is 2.53. The molecule has 3 aromatic carbocycles. The number of hydrogen-bond acceptors (Lipinski definition) is 8. The smallest absolute Gasteiger partial charge is 0.330 e. The number of ether oxygens (including phenoxy) is 4. The van der Waals surface area contributed by atoms with Gasteiger partial charge in [0.1, 0.15) is 28.8 Å². The number of nitrogens with zero attached hydrogens (tertiary/aromatic N) is 1. The molecule has 6 rings (SSSR count). The molecule has 41 heavy (non-hydrogen) atoms. The molecule has 2 bridgehead atoms. The van der Waals surface area contributed by atoms with Gasteiger partial charge in [-0.05, 0) is 41.0 Å². The molecule has 4 atom stereocenters. The van der Waals surface area contributed by atoms with Crippen LogP contribution in [0.15, 0.2) is 101 Å². The molecule has 2 N–H and O–H groups in total. The number of fused-ring (bicyclic) bond motifs is 2. The number of nitrogens with one attached hydrogen (secondary N) is 1. The maximum absolute atomic E-state index is 12.6. The van der Waals surface area contributed by atoms with Crippen molar-refractivity contribution in [3.05, 3.63) is 129 Å². The topological polar surface area (TPSA) is 112 Å². The lowest BCUT2D eigenvalue weighted by Gasteiger charge is -2.40. The van der Waals surface area contributed by atoms with Crippen LogP contribution >= 0.6 is 11.8 Å². The summed E-state index contributed by atoms with van der Waals surface area (Å²) in [6, 6.07) is 26.6. The normalized spacial score (nSPS) is 23.4. The Labute approximate surface area is 240 Å². The largest absolute Gasteiger partial charge is 0.497 e. The average molecular weight is 575 g/mol. The Morgan fingerprint density at radius 1 is 0.927 bits per heavy atom. The van der Waals surface area contributed by atoms with Crippen molar-refractivity contribution >= 4 is 11.8 Å². The van der Waals surface area contributed by atoms with Crippen LogP contribution < -0.4 is 20.7 Å². The Morgan fingerprint density at radius 2 is 1.51 bits per heavy atom. The van der Waals surface area contributed by atoms with E-state index in [9.17, 15) is 14.7 Å². The Morgan fingerprint density at radius 3 is 2.07 bits per heavy atom. The number of hydrogen-bond donors (Lipinski definition) is 2. The zero-order chi connectivity index (χ0) is 28.6. The molecule has 4 aromatic rings. The second-order valence-corrected chi connectivity index (χ2v) is 11.3. The third-order valence-corrected chi connectivity index (χ3v) is 9.37. The van der Waals surface area contributed by atoms with Crippen LogP contribution in [0.1, 0.15) is 22.9 Å². The highest BCUT2D eigenvalue weighted by Gasteiger charge is 2.62. The molecule has 0 amide bonds. The van der Waals surface area contributed by atoms with E-state index < -0.39 is 40.0 Å². The summed E-state index contributed by atoms with van der Waals surface area (Å²) >= 11 is 1.52. The zero-order valence-electron chi connectivity index (χ0n) is 22.6. The van der Waals surface area contributed by atoms with Crippen LogP contribution in [0.5, 0.6) is 11.5 Å². The van der Waals surface area contributed by atoms with Crippen molar-refractivity contribution in [3.63, 3.8) is 0 Å². The molecule has 0 spiro atoms. The van der Waals surface area contributed by atoms with Crippen molar-refractivity contribution in [2.24, 2.45) is 0 Å². The second kappa shape index (κ2) is 10.9. The molecule has 1 aromatic heterocycles.